The van der Waals surface area contributed by atoms with Gasteiger partial charge >= 0.3 is 0 Å². The van der Waals surface area contributed by atoms with E-state index in [1.54, 1.807) is 0 Å². The van der Waals surface area contributed by atoms with Crippen molar-refractivity contribution in [3.8, 4) is 0 Å². The van der Waals surface area contributed by atoms with Crippen LogP contribution in [0.5, 0.6) is 0 Å². The number of ether oxygens (including phenoxy) is 1. The van der Waals surface area contributed by atoms with E-state index in [-0.39, 0.29) is 0 Å². The summed E-state index contributed by atoms with van der Waals surface area (Å²) >= 11 is 0. The molecule has 0 amide bonds. The molecule has 1 unspecified atom stereocenters. The van der Waals surface area contributed by atoms with E-state index in [2.05, 4.69) is 26.1 Å². The summed E-state index contributed by atoms with van der Waals surface area (Å²) in [5.41, 5.74) is 0. The molecule has 96 valence electrons. The Morgan fingerprint density at radius 1 is 1.12 bits per heavy atom. The molecule has 0 aliphatic heterocycles. The Hall–Kier alpha value is -0.0800. The fourth-order valence-electron chi connectivity index (χ4n) is 2.57. The van der Waals surface area contributed by atoms with E-state index in [0.717, 1.165) is 25.0 Å². The Labute approximate surface area is 101 Å². The zero-order valence-corrected chi connectivity index (χ0v) is 11.3. The first-order valence-electron chi connectivity index (χ1n) is 7.07. The van der Waals surface area contributed by atoms with Crippen LogP contribution in [0, 0.1) is 11.8 Å². The van der Waals surface area contributed by atoms with Crippen LogP contribution in [0.1, 0.15) is 52.9 Å². The normalized spacial score (nSPS) is 27.9. The zero-order chi connectivity index (χ0) is 11.8. The lowest BCUT2D eigenvalue weighted by atomic mass is 9.81. The second-order valence-electron chi connectivity index (χ2n) is 5.26. The first-order valence-corrected chi connectivity index (χ1v) is 7.07. The number of hydrogen-bond donors (Lipinski definition) is 1. The van der Waals surface area contributed by atoms with Crippen molar-refractivity contribution in [2.75, 3.05) is 19.8 Å². The van der Waals surface area contributed by atoms with Crippen molar-refractivity contribution in [2.45, 2.75) is 58.9 Å². The quantitative estimate of drug-likeness (QED) is 0.721. The standard InChI is InChI=1S/C14H29NO/c1-4-13-6-8-14(9-7-13)10-15-12(3)11-16-5-2/h12-15H,4-11H2,1-3H3. The Kier molecular flexibility index (Phi) is 7.06. The summed E-state index contributed by atoms with van der Waals surface area (Å²) < 4.78 is 5.41. The predicted molar refractivity (Wildman–Crippen MR) is 69.7 cm³/mol. The van der Waals surface area contributed by atoms with Crippen LogP contribution in [-0.2, 0) is 4.74 Å². The van der Waals surface area contributed by atoms with Gasteiger partial charge in [-0.25, -0.2) is 0 Å². The van der Waals surface area contributed by atoms with Gasteiger partial charge in [-0.3, -0.25) is 0 Å². The van der Waals surface area contributed by atoms with Gasteiger partial charge in [-0.05, 0) is 45.1 Å². The average molecular weight is 227 g/mol. The lowest BCUT2D eigenvalue weighted by Crippen LogP contribution is -2.35. The molecule has 0 heterocycles. The van der Waals surface area contributed by atoms with Gasteiger partial charge in [0.05, 0.1) is 6.61 Å². The van der Waals surface area contributed by atoms with Crippen molar-refractivity contribution in [2.24, 2.45) is 11.8 Å². The van der Waals surface area contributed by atoms with Gasteiger partial charge < -0.3 is 10.1 Å². The topological polar surface area (TPSA) is 21.3 Å². The summed E-state index contributed by atoms with van der Waals surface area (Å²) in [5.74, 6) is 1.92. The Balaban J connectivity index is 2.05. The first kappa shape index (κ1) is 14.0. The minimum absolute atomic E-state index is 0.504. The minimum atomic E-state index is 0.504. The summed E-state index contributed by atoms with van der Waals surface area (Å²) in [6, 6.07) is 0.504. The maximum atomic E-state index is 5.41. The molecular weight excluding hydrogens is 198 g/mol. The van der Waals surface area contributed by atoms with E-state index in [1.807, 2.05) is 0 Å². The van der Waals surface area contributed by atoms with Gasteiger partial charge in [-0.15, -0.1) is 0 Å². The van der Waals surface area contributed by atoms with Gasteiger partial charge in [0.15, 0.2) is 0 Å². The van der Waals surface area contributed by atoms with Gasteiger partial charge in [0.25, 0.3) is 0 Å². The molecule has 0 aromatic heterocycles. The number of nitrogens with one attached hydrogen (secondary N) is 1. The average Bonchev–Trinajstić information content (AvgIpc) is 2.34. The lowest BCUT2D eigenvalue weighted by Gasteiger charge is -2.28. The summed E-state index contributed by atoms with van der Waals surface area (Å²) in [7, 11) is 0. The van der Waals surface area contributed by atoms with Crippen LogP contribution in [-0.4, -0.2) is 25.8 Å². The highest BCUT2D eigenvalue weighted by molar-refractivity contribution is 4.74. The van der Waals surface area contributed by atoms with Crippen LogP contribution >= 0.6 is 0 Å². The third-order valence-electron chi connectivity index (χ3n) is 3.87. The van der Waals surface area contributed by atoms with Crippen molar-refractivity contribution in [1.29, 1.82) is 0 Å². The van der Waals surface area contributed by atoms with Crippen molar-refractivity contribution < 1.29 is 4.74 Å². The number of rotatable bonds is 7. The largest absolute Gasteiger partial charge is 0.380 e. The van der Waals surface area contributed by atoms with Crippen LogP contribution in [0.25, 0.3) is 0 Å². The van der Waals surface area contributed by atoms with Gasteiger partial charge in [0.2, 0.25) is 0 Å². The molecule has 0 saturated heterocycles. The van der Waals surface area contributed by atoms with E-state index in [4.69, 9.17) is 4.74 Å². The van der Waals surface area contributed by atoms with Crippen LogP contribution in [0.2, 0.25) is 0 Å². The number of hydrogen-bond acceptors (Lipinski definition) is 2. The lowest BCUT2D eigenvalue weighted by molar-refractivity contribution is 0.124. The van der Waals surface area contributed by atoms with E-state index in [0.29, 0.717) is 6.04 Å². The molecule has 2 heteroatoms. The van der Waals surface area contributed by atoms with E-state index in [9.17, 15) is 0 Å². The fraction of sp³-hybridized carbons (Fsp3) is 1.00. The second kappa shape index (κ2) is 8.08. The van der Waals surface area contributed by atoms with E-state index >= 15 is 0 Å². The molecule has 2 nitrogen and oxygen atoms in total. The smallest absolute Gasteiger partial charge is 0.0616 e. The molecule has 1 N–H and O–H groups in total. The van der Waals surface area contributed by atoms with Gasteiger partial charge in [-0.1, -0.05) is 26.2 Å². The third-order valence-corrected chi connectivity index (χ3v) is 3.87. The molecule has 0 bridgehead atoms. The zero-order valence-electron chi connectivity index (χ0n) is 11.3. The monoisotopic (exact) mass is 227 g/mol. The minimum Gasteiger partial charge on any atom is -0.380 e. The molecule has 1 rings (SSSR count). The highest BCUT2D eigenvalue weighted by atomic mass is 16.5. The second-order valence-corrected chi connectivity index (χ2v) is 5.26. The van der Waals surface area contributed by atoms with Crippen LogP contribution in [0.3, 0.4) is 0 Å². The summed E-state index contributed by atoms with van der Waals surface area (Å²) in [6.45, 7) is 9.46. The molecular formula is C14H29NO. The van der Waals surface area contributed by atoms with Crippen molar-refractivity contribution in [1.82, 2.24) is 5.32 Å². The highest BCUT2D eigenvalue weighted by Gasteiger charge is 2.19. The predicted octanol–water partition coefficient (Wildman–Crippen LogP) is 3.22. The molecule has 1 fully saturated rings. The maximum Gasteiger partial charge on any atom is 0.0616 e. The summed E-state index contributed by atoms with van der Waals surface area (Å²) in [6.07, 6.45) is 7.12. The molecule has 0 aromatic rings. The molecule has 1 atom stereocenters. The summed E-state index contributed by atoms with van der Waals surface area (Å²) in [5, 5.41) is 3.59. The van der Waals surface area contributed by atoms with Gasteiger partial charge in [-0.2, -0.15) is 0 Å². The molecule has 1 aliphatic carbocycles. The van der Waals surface area contributed by atoms with Crippen LogP contribution in [0.15, 0.2) is 0 Å². The van der Waals surface area contributed by atoms with E-state index < -0.39 is 0 Å². The van der Waals surface area contributed by atoms with Gasteiger partial charge in [0.1, 0.15) is 0 Å². The first-order chi connectivity index (χ1) is 7.76. The van der Waals surface area contributed by atoms with Crippen LogP contribution in [0.4, 0.5) is 0 Å². The summed E-state index contributed by atoms with van der Waals surface area (Å²) in [4.78, 5) is 0. The van der Waals surface area contributed by atoms with Gasteiger partial charge in [0, 0.05) is 12.6 Å². The molecule has 0 spiro atoms. The van der Waals surface area contributed by atoms with Crippen molar-refractivity contribution in [3.63, 3.8) is 0 Å². The molecule has 16 heavy (non-hydrogen) atoms. The Bertz CT molecular complexity index is 164. The fourth-order valence-corrected chi connectivity index (χ4v) is 2.57. The molecule has 0 radical (unpaired) electrons. The Morgan fingerprint density at radius 2 is 1.75 bits per heavy atom. The van der Waals surface area contributed by atoms with E-state index in [1.165, 1.54) is 38.6 Å². The third kappa shape index (κ3) is 5.31. The molecule has 0 aromatic carbocycles. The molecule has 1 aliphatic rings. The maximum absolute atomic E-state index is 5.41. The Morgan fingerprint density at radius 3 is 2.31 bits per heavy atom. The molecule has 1 saturated carbocycles. The van der Waals surface area contributed by atoms with Crippen molar-refractivity contribution >= 4 is 0 Å². The SMILES string of the molecule is CCOCC(C)NCC1CCC(CC)CC1. The highest BCUT2D eigenvalue weighted by Crippen LogP contribution is 2.30. The van der Waals surface area contributed by atoms with Crippen LogP contribution < -0.4 is 5.32 Å². The van der Waals surface area contributed by atoms with Crippen molar-refractivity contribution in [3.05, 3.63) is 0 Å².